The summed E-state index contributed by atoms with van der Waals surface area (Å²) < 4.78 is 39.8. The fourth-order valence-electron chi connectivity index (χ4n) is 2.16. The van der Waals surface area contributed by atoms with E-state index >= 15 is 0 Å². The first-order valence-electron chi connectivity index (χ1n) is 7.36. The van der Waals surface area contributed by atoms with Crippen LogP contribution < -0.4 is 10.6 Å². The van der Waals surface area contributed by atoms with Crippen LogP contribution in [0.1, 0.15) is 10.4 Å². The summed E-state index contributed by atoms with van der Waals surface area (Å²) in [6, 6.07) is 8.29. The Morgan fingerprint density at radius 1 is 0.923 bits per heavy atom. The molecule has 132 valence electrons. The monoisotopic (exact) mass is 377 g/mol. The molecule has 0 aliphatic carbocycles. The van der Waals surface area contributed by atoms with Crippen LogP contribution in [-0.4, -0.2) is 10.9 Å². The fourth-order valence-corrected chi connectivity index (χ4v) is 2.34. The number of amides is 1. The van der Waals surface area contributed by atoms with Gasteiger partial charge in [0.1, 0.15) is 17.5 Å². The summed E-state index contributed by atoms with van der Waals surface area (Å²) in [7, 11) is 0. The highest BCUT2D eigenvalue weighted by molar-refractivity contribution is 6.31. The molecule has 8 heteroatoms. The minimum atomic E-state index is -0.777. The lowest BCUT2D eigenvalue weighted by Gasteiger charge is -2.10. The van der Waals surface area contributed by atoms with E-state index in [0.717, 1.165) is 18.2 Å². The first kappa shape index (κ1) is 17.8. The van der Waals surface area contributed by atoms with Crippen LogP contribution in [0.25, 0.3) is 0 Å². The molecule has 26 heavy (non-hydrogen) atoms. The Morgan fingerprint density at radius 3 is 2.46 bits per heavy atom. The maximum Gasteiger partial charge on any atom is 0.257 e. The summed E-state index contributed by atoms with van der Waals surface area (Å²) in [5.74, 6) is -2.58. The zero-order valence-corrected chi connectivity index (χ0v) is 13.8. The molecule has 4 nitrogen and oxygen atoms in total. The largest absolute Gasteiger partial charge is 0.352 e. The number of aromatic nitrogens is 1. The van der Waals surface area contributed by atoms with Crippen molar-refractivity contribution in [2.24, 2.45) is 0 Å². The quantitative estimate of drug-likeness (QED) is 0.661. The van der Waals surface area contributed by atoms with Crippen LogP contribution >= 0.6 is 11.6 Å². The molecule has 0 aliphatic rings. The molecule has 0 atom stereocenters. The highest BCUT2D eigenvalue weighted by Crippen LogP contribution is 2.22. The van der Waals surface area contributed by atoms with Gasteiger partial charge < -0.3 is 10.6 Å². The van der Waals surface area contributed by atoms with E-state index in [1.165, 1.54) is 36.7 Å². The van der Waals surface area contributed by atoms with E-state index in [1.54, 1.807) is 0 Å². The SMILES string of the molecule is O=C(Nc1ccc(F)c(Cl)c1)c1cncc(Nc2ccc(F)cc2F)c1. The standard InChI is InChI=1S/C18H11ClF3N3O/c19-14-7-12(2-3-15(14)21)25-18(26)10-5-13(9-23-8-10)24-17-4-1-11(20)6-16(17)22/h1-9,24H,(H,25,26). The number of halogens is 4. The van der Waals surface area contributed by atoms with Gasteiger partial charge in [-0.25, -0.2) is 13.2 Å². The van der Waals surface area contributed by atoms with Crippen LogP contribution in [0.5, 0.6) is 0 Å². The van der Waals surface area contributed by atoms with Gasteiger partial charge in [-0.3, -0.25) is 9.78 Å². The molecule has 1 heterocycles. The van der Waals surface area contributed by atoms with Crippen LogP contribution in [0.15, 0.2) is 54.9 Å². The number of carbonyl (C=O) groups excluding carboxylic acids is 1. The molecule has 2 N–H and O–H groups in total. The second kappa shape index (κ2) is 7.45. The maximum atomic E-state index is 13.7. The zero-order chi connectivity index (χ0) is 18.7. The zero-order valence-electron chi connectivity index (χ0n) is 13.1. The van der Waals surface area contributed by atoms with Gasteiger partial charge >= 0.3 is 0 Å². The van der Waals surface area contributed by atoms with Gasteiger partial charge in [-0.05, 0) is 36.4 Å². The van der Waals surface area contributed by atoms with Crippen molar-refractivity contribution in [3.05, 3.63) is 82.9 Å². The number of nitrogens with one attached hydrogen (secondary N) is 2. The van der Waals surface area contributed by atoms with Crippen LogP contribution in [0, 0.1) is 17.5 Å². The second-order valence-corrected chi connectivity index (χ2v) is 5.70. The molecule has 1 amide bonds. The van der Waals surface area contributed by atoms with Crippen molar-refractivity contribution in [1.29, 1.82) is 0 Å². The summed E-state index contributed by atoms with van der Waals surface area (Å²) in [5, 5.41) is 5.15. The lowest BCUT2D eigenvalue weighted by molar-refractivity contribution is 0.102. The summed E-state index contributed by atoms with van der Waals surface area (Å²) >= 11 is 5.67. The maximum absolute atomic E-state index is 13.7. The first-order valence-corrected chi connectivity index (χ1v) is 7.74. The van der Waals surface area contributed by atoms with Gasteiger partial charge in [0.15, 0.2) is 0 Å². The Kier molecular flexibility index (Phi) is 5.09. The Hall–Kier alpha value is -3.06. The van der Waals surface area contributed by atoms with Gasteiger partial charge in [0.05, 0.1) is 28.2 Å². The molecule has 1 aromatic heterocycles. The van der Waals surface area contributed by atoms with E-state index in [9.17, 15) is 18.0 Å². The van der Waals surface area contributed by atoms with Crippen molar-refractivity contribution < 1.29 is 18.0 Å². The van der Waals surface area contributed by atoms with Crippen molar-refractivity contribution in [1.82, 2.24) is 4.98 Å². The molecule has 0 fully saturated rings. The molecule has 0 spiro atoms. The number of hydrogen-bond acceptors (Lipinski definition) is 3. The van der Waals surface area contributed by atoms with Crippen LogP contribution in [0.3, 0.4) is 0 Å². The normalized spacial score (nSPS) is 10.5. The van der Waals surface area contributed by atoms with Crippen molar-refractivity contribution in [3.63, 3.8) is 0 Å². The Balaban J connectivity index is 1.77. The Morgan fingerprint density at radius 2 is 1.73 bits per heavy atom. The summed E-state index contributed by atoms with van der Waals surface area (Å²) in [6.07, 6.45) is 2.70. The predicted molar refractivity (Wildman–Crippen MR) is 93.2 cm³/mol. The molecular weight excluding hydrogens is 367 g/mol. The van der Waals surface area contributed by atoms with E-state index in [1.807, 2.05) is 0 Å². The first-order chi connectivity index (χ1) is 12.4. The third-order valence-electron chi connectivity index (χ3n) is 3.39. The molecular formula is C18H11ClF3N3O. The van der Waals surface area contributed by atoms with E-state index in [2.05, 4.69) is 15.6 Å². The molecule has 3 aromatic rings. The molecule has 3 rings (SSSR count). The van der Waals surface area contributed by atoms with Gasteiger partial charge in [0, 0.05) is 18.0 Å². The van der Waals surface area contributed by atoms with Crippen molar-refractivity contribution in [2.45, 2.75) is 0 Å². The lowest BCUT2D eigenvalue weighted by Crippen LogP contribution is -2.12. The lowest BCUT2D eigenvalue weighted by atomic mass is 10.2. The minimum Gasteiger partial charge on any atom is -0.352 e. The van der Waals surface area contributed by atoms with Crippen LogP contribution in [0.4, 0.5) is 30.2 Å². The number of pyridine rings is 1. The van der Waals surface area contributed by atoms with Gasteiger partial charge in [-0.15, -0.1) is 0 Å². The molecule has 0 bridgehead atoms. The van der Waals surface area contributed by atoms with Gasteiger partial charge in [-0.2, -0.15) is 0 Å². The van der Waals surface area contributed by atoms with Crippen molar-refractivity contribution >= 4 is 34.6 Å². The van der Waals surface area contributed by atoms with Gasteiger partial charge in [0.2, 0.25) is 0 Å². The number of benzene rings is 2. The minimum absolute atomic E-state index is 0.0380. The third kappa shape index (κ3) is 4.12. The van der Waals surface area contributed by atoms with E-state index < -0.39 is 23.4 Å². The molecule has 0 radical (unpaired) electrons. The topological polar surface area (TPSA) is 54.0 Å². The Labute approximate surface area is 151 Å². The highest BCUT2D eigenvalue weighted by atomic mass is 35.5. The summed E-state index contributed by atoms with van der Waals surface area (Å²) in [6.45, 7) is 0. The third-order valence-corrected chi connectivity index (χ3v) is 3.68. The number of anilines is 3. The van der Waals surface area contributed by atoms with E-state index in [-0.39, 0.29) is 16.3 Å². The average Bonchev–Trinajstić information content (AvgIpc) is 2.61. The van der Waals surface area contributed by atoms with Crippen LogP contribution in [0.2, 0.25) is 5.02 Å². The second-order valence-electron chi connectivity index (χ2n) is 5.29. The highest BCUT2D eigenvalue weighted by Gasteiger charge is 2.10. The van der Waals surface area contributed by atoms with Crippen LogP contribution in [-0.2, 0) is 0 Å². The van der Waals surface area contributed by atoms with Crippen molar-refractivity contribution in [3.8, 4) is 0 Å². The van der Waals surface area contributed by atoms with E-state index in [0.29, 0.717) is 11.4 Å². The molecule has 0 saturated carbocycles. The summed E-state index contributed by atoms with van der Waals surface area (Å²) in [5.41, 5.74) is 0.860. The van der Waals surface area contributed by atoms with E-state index in [4.69, 9.17) is 11.6 Å². The number of nitrogens with zero attached hydrogens (tertiary/aromatic N) is 1. The fraction of sp³-hybridized carbons (Fsp3) is 0. The van der Waals surface area contributed by atoms with Crippen molar-refractivity contribution in [2.75, 3.05) is 10.6 Å². The van der Waals surface area contributed by atoms with Gasteiger partial charge in [-0.1, -0.05) is 11.6 Å². The predicted octanol–water partition coefficient (Wildman–Crippen LogP) is 5.15. The molecule has 0 unspecified atom stereocenters. The number of carbonyl (C=O) groups is 1. The average molecular weight is 378 g/mol. The smallest absolute Gasteiger partial charge is 0.257 e. The Bertz CT molecular complexity index is 982. The number of hydrogen-bond donors (Lipinski definition) is 2. The number of rotatable bonds is 4. The molecule has 2 aromatic carbocycles. The molecule has 0 aliphatic heterocycles. The molecule has 0 saturated heterocycles. The van der Waals surface area contributed by atoms with Gasteiger partial charge in [0.25, 0.3) is 5.91 Å². The summed E-state index contributed by atoms with van der Waals surface area (Å²) in [4.78, 5) is 16.2.